The van der Waals surface area contributed by atoms with Crippen molar-refractivity contribution >= 4 is 34.1 Å². The first-order valence-electron chi connectivity index (χ1n) is 5.68. The van der Waals surface area contributed by atoms with Gasteiger partial charge in [-0.25, -0.2) is 4.98 Å². The Balaban J connectivity index is 2.05. The maximum atomic E-state index is 11.5. The monoisotopic (exact) mass is 273 g/mol. The molecule has 0 bridgehead atoms. The Labute approximate surface area is 110 Å². The Bertz CT molecular complexity index is 341. The molecular weight excluding hydrogens is 254 g/mol. The van der Waals surface area contributed by atoms with Crippen molar-refractivity contribution in [2.45, 2.75) is 25.7 Å². The maximum Gasteiger partial charge on any atom is 0.226 e. The highest BCUT2D eigenvalue weighted by Gasteiger charge is 2.05. The second-order valence-corrected chi connectivity index (χ2v) is 5.63. The van der Waals surface area contributed by atoms with Gasteiger partial charge in [-0.05, 0) is 24.9 Å². The summed E-state index contributed by atoms with van der Waals surface area (Å²) >= 11 is 3.23. The molecule has 0 saturated carbocycles. The number of aromatic nitrogens is 1. The Hall–Kier alpha value is -0.750. The van der Waals surface area contributed by atoms with E-state index in [1.165, 1.54) is 29.9 Å². The average molecular weight is 273 g/mol. The van der Waals surface area contributed by atoms with Crippen LogP contribution in [0.4, 0.5) is 5.13 Å². The molecular formula is C11H19N3OS2. The number of amides is 1. The van der Waals surface area contributed by atoms with Crippen molar-refractivity contribution in [1.29, 1.82) is 0 Å². The van der Waals surface area contributed by atoms with Crippen molar-refractivity contribution in [3.8, 4) is 0 Å². The first kappa shape index (κ1) is 14.3. The molecule has 17 heavy (non-hydrogen) atoms. The summed E-state index contributed by atoms with van der Waals surface area (Å²) in [6.07, 6.45) is 5.88. The van der Waals surface area contributed by atoms with Crippen LogP contribution in [0.1, 0.15) is 25.0 Å². The van der Waals surface area contributed by atoms with Crippen LogP contribution in [0.15, 0.2) is 5.38 Å². The molecule has 4 nitrogen and oxygen atoms in total. The minimum absolute atomic E-state index is 0.0279. The number of nitrogens with zero attached hydrogens (tertiary/aromatic N) is 1. The zero-order chi connectivity index (χ0) is 12.5. The van der Waals surface area contributed by atoms with Gasteiger partial charge in [0, 0.05) is 11.9 Å². The van der Waals surface area contributed by atoms with Crippen LogP contribution < -0.4 is 11.1 Å². The summed E-state index contributed by atoms with van der Waals surface area (Å²) < 4.78 is 0. The lowest BCUT2D eigenvalue weighted by Crippen LogP contribution is -2.26. The van der Waals surface area contributed by atoms with E-state index in [0.29, 0.717) is 11.6 Å². The lowest BCUT2D eigenvalue weighted by Gasteiger charge is -2.03. The van der Waals surface area contributed by atoms with Gasteiger partial charge in [0.05, 0.1) is 12.1 Å². The third-order valence-corrected chi connectivity index (χ3v) is 3.68. The van der Waals surface area contributed by atoms with Crippen LogP contribution in [-0.4, -0.2) is 29.4 Å². The van der Waals surface area contributed by atoms with Crippen LogP contribution in [0, 0.1) is 0 Å². The average Bonchev–Trinajstić information content (AvgIpc) is 2.69. The number of hydrogen-bond donors (Lipinski definition) is 2. The molecule has 1 heterocycles. The highest BCUT2D eigenvalue weighted by Crippen LogP contribution is 2.11. The highest BCUT2D eigenvalue weighted by atomic mass is 32.2. The molecule has 0 fully saturated rings. The summed E-state index contributed by atoms with van der Waals surface area (Å²) in [5.41, 5.74) is 6.25. The van der Waals surface area contributed by atoms with Gasteiger partial charge < -0.3 is 11.1 Å². The molecule has 1 rings (SSSR count). The van der Waals surface area contributed by atoms with E-state index in [4.69, 9.17) is 5.73 Å². The van der Waals surface area contributed by atoms with Crippen LogP contribution in [0.5, 0.6) is 0 Å². The van der Waals surface area contributed by atoms with Crippen LogP contribution in [-0.2, 0) is 11.2 Å². The van der Waals surface area contributed by atoms with Crippen LogP contribution in [0.25, 0.3) is 0 Å². The standard InChI is InChI=1S/C11H19N3OS2/c1-16-6-4-2-3-5-13-10(15)7-9-8-17-11(12)14-9/h8H,2-7H2,1H3,(H2,12,14)(H,13,15). The topological polar surface area (TPSA) is 68.0 Å². The molecule has 0 radical (unpaired) electrons. The van der Waals surface area contributed by atoms with Gasteiger partial charge in [-0.1, -0.05) is 6.42 Å². The molecule has 0 spiro atoms. The quantitative estimate of drug-likeness (QED) is 0.710. The molecule has 6 heteroatoms. The van der Waals surface area contributed by atoms with Crippen LogP contribution in [0.2, 0.25) is 0 Å². The summed E-state index contributed by atoms with van der Waals surface area (Å²) in [5.74, 6) is 1.23. The third kappa shape index (κ3) is 6.53. The number of thiazole rings is 1. The van der Waals surface area contributed by atoms with Crippen molar-refractivity contribution in [1.82, 2.24) is 10.3 Å². The lowest BCUT2D eigenvalue weighted by molar-refractivity contribution is -0.120. The van der Waals surface area contributed by atoms with Gasteiger partial charge in [0.1, 0.15) is 0 Å². The fourth-order valence-electron chi connectivity index (χ4n) is 1.41. The van der Waals surface area contributed by atoms with Gasteiger partial charge in [0.25, 0.3) is 0 Å². The van der Waals surface area contributed by atoms with Crippen LogP contribution >= 0.6 is 23.1 Å². The number of rotatable bonds is 8. The number of nitrogens with one attached hydrogen (secondary N) is 1. The van der Waals surface area contributed by atoms with E-state index >= 15 is 0 Å². The Kier molecular flexibility index (Phi) is 7.04. The number of carbonyl (C=O) groups is 1. The fraction of sp³-hybridized carbons (Fsp3) is 0.636. The number of nitrogens with two attached hydrogens (primary N) is 1. The summed E-state index contributed by atoms with van der Waals surface area (Å²) in [6, 6.07) is 0. The first-order valence-corrected chi connectivity index (χ1v) is 7.95. The minimum Gasteiger partial charge on any atom is -0.375 e. The Morgan fingerprint density at radius 3 is 3.00 bits per heavy atom. The predicted molar refractivity (Wildman–Crippen MR) is 75.5 cm³/mol. The smallest absolute Gasteiger partial charge is 0.226 e. The van der Waals surface area contributed by atoms with Gasteiger partial charge in [-0.15, -0.1) is 11.3 Å². The molecule has 0 saturated heterocycles. The molecule has 0 aliphatic carbocycles. The summed E-state index contributed by atoms with van der Waals surface area (Å²) in [7, 11) is 0. The first-order chi connectivity index (χ1) is 8.22. The second kappa shape index (κ2) is 8.36. The molecule has 0 aliphatic rings. The zero-order valence-electron chi connectivity index (χ0n) is 10.1. The number of hydrogen-bond acceptors (Lipinski definition) is 5. The molecule has 1 amide bonds. The second-order valence-electron chi connectivity index (χ2n) is 3.76. The maximum absolute atomic E-state index is 11.5. The van der Waals surface area contributed by atoms with Gasteiger partial charge >= 0.3 is 0 Å². The number of carbonyl (C=O) groups excluding carboxylic acids is 1. The van der Waals surface area contributed by atoms with E-state index in [2.05, 4.69) is 16.6 Å². The molecule has 0 atom stereocenters. The SMILES string of the molecule is CSCCCCCNC(=O)Cc1csc(N)n1. The summed E-state index contributed by atoms with van der Waals surface area (Å²) in [5, 5.41) is 5.24. The van der Waals surface area contributed by atoms with E-state index in [1.807, 2.05) is 17.1 Å². The minimum atomic E-state index is 0.0279. The third-order valence-electron chi connectivity index (χ3n) is 2.26. The molecule has 1 aromatic rings. The summed E-state index contributed by atoms with van der Waals surface area (Å²) in [6.45, 7) is 0.757. The predicted octanol–water partition coefficient (Wildman–Crippen LogP) is 1.92. The van der Waals surface area contributed by atoms with E-state index < -0.39 is 0 Å². The van der Waals surface area contributed by atoms with Crippen molar-refractivity contribution in [3.63, 3.8) is 0 Å². The van der Waals surface area contributed by atoms with E-state index in [0.717, 1.165) is 18.7 Å². The lowest BCUT2D eigenvalue weighted by atomic mass is 10.2. The molecule has 1 aromatic heterocycles. The van der Waals surface area contributed by atoms with Crippen molar-refractivity contribution in [2.75, 3.05) is 24.3 Å². The largest absolute Gasteiger partial charge is 0.375 e. The Morgan fingerprint density at radius 1 is 1.53 bits per heavy atom. The number of thioether (sulfide) groups is 1. The Morgan fingerprint density at radius 2 is 2.35 bits per heavy atom. The molecule has 0 unspecified atom stereocenters. The van der Waals surface area contributed by atoms with Gasteiger partial charge in [-0.3, -0.25) is 4.79 Å². The van der Waals surface area contributed by atoms with Gasteiger partial charge in [0.15, 0.2) is 5.13 Å². The van der Waals surface area contributed by atoms with E-state index in [1.54, 1.807) is 0 Å². The molecule has 0 aliphatic heterocycles. The number of unbranched alkanes of at least 4 members (excludes halogenated alkanes) is 2. The van der Waals surface area contributed by atoms with Gasteiger partial charge in [-0.2, -0.15) is 11.8 Å². The fourth-order valence-corrected chi connectivity index (χ4v) is 2.46. The van der Waals surface area contributed by atoms with Crippen molar-refractivity contribution in [3.05, 3.63) is 11.1 Å². The molecule has 0 aromatic carbocycles. The summed E-state index contributed by atoms with van der Waals surface area (Å²) in [4.78, 5) is 15.6. The van der Waals surface area contributed by atoms with Gasteiger partial charge in [0.2, 0.25) is 5.91 Å². The van der Waals surface area contributed by atoms with Crippen molar-refractivity contribution < 1.29 is 4.79 Å². The zero-order valence-corrected chi connectivity index (χ0v) is 11.7. The molecule has 3 N–H and O–H groups in total. The number of anilines is 1. The molecule has 96 valence electrons. The highest BCUT2D eigenvalue weighted by molar-refractivity contribution is 7.98. The van der Waals surface area contributed by atoms with E-state index in [-0.39, 0.29) is 5.91 Å². The van der Waals surface area contributed by atoms with Crippen molar-refractivity contribution in [2.24, 2.45) is 0 Å². The van der Waals surface area contributed by atoms with Crippen LogP contribution in [0.3, 0.4) is 0 Å². The number of nitrogen functional groups attached to an aromatic ring is 1. The van der Waals surface area contributed by atoms with E-state index in [9.17, 15) is 4.79 Å². The normalized spacial score (nSPS) is 10.4.